The average Bonchev–Trinajstić information content (AvgIpc) is 3.23. The van der Waals surface area contributed by atoms with Crippen molar-refractivity contribution < 1.29 is 4.79 Å². The molecule has 6 nitrogen and oxygen atoms in total. The van der Waals surface area contributed by atoms with Gasteiger partial charge in [-0.25, -0.2) is 9.97 Å². The highest BCUT2D eigenvalue weighted by Gasteiger charge is 2.51. The Balaban J connectivity index is 1.45. The highest BCUT2D eigenvalue weighted by Crippen LogP contribution is 2.41. The molecule has 130 valence electrons. The molecular weight excluding hydrogens is 314 g/mol. The first kappa shape index (κ1) is 16.0. The average molecular weight is 337 g/mol. The number of amides is 1. The van der Waals surface area contributed by atoms with Crippen LogP contribution in [0.25, 0.3) is 0 Å². The predicted octanol–water partition coefficient (Wildman–Crippen LogP) is 2.06. The van der Waals surface area contributed by atoms with Gasteiger partial charge in [0.1, 0.15) is 0 Å². The summed E-state index contributed by atoms with van der Waals surface area (Å²) < 4.78 is 0. The largest absolute Gasteiger partial charge is 0.340 e. The molecule has 1 amide bonds. The lowest BCUT2D eigenvalue weighted by molar-refractivity contribution is -0.135. The Labute approximate surface area is 147 Å². The van der Waals surface area contributed by atoms with Crippen LogP contribution in [0.3, 0.4) is 0 Å². The molecule has 4 rings (SSSR count). The van der Waals surface area contributed by atoms with Gasteiger partial charge >= 0.3 is 0 Å². The van der Waals surface area contributed by atoms with Crippen molar-refractivity contribution in [2.75, 3.05) is 24.5 Å². The fraction of sp³-hybridized carbons (Fsp3) is 0.474. The summed E-state index contributed by atoms with van der Waals surface area (Å²) in [7, 11) is 0. The highest BCUT2D eigenvalue weighted by atomic mass is 16.2. The number of hydrogen-bond donors (Lipinski definition) is 0. The number of anilines is 1. The van der Waals surface area contributed by atoms with Crippen molar-refractivity contribution in [1.82, 2.24) is 19.9 Å². The van der Waals surface area contributed by atoms with E-state index in [9.17, 15) is 4.79 Å². The van der Waals surface area contributed by atoms with Gasteiger partial charge in [0.2, 0.25) is 11.9 Å². The second-order valence-electron chi connectivity index (χ2n) is 6.99. The molecule has 4 heterocycles. The van der Waals surface area contributed by atoms with E-state index >= 15 is 0 Å². The van der Waals surface area contributed by atoms with E-state index in [4.69, 9.17) is 0 Å². The zero-order valence-corrected chi connectivity index (χ0v) is 14.6. The van der Waals surface area contributed by atoms with Gasteiger partial charge in [0.25, 0.3) is 0 Å². The number of rotatable bonds is 4. The molecule has 0 N–H and O–H groups in total. The van der Waals surface area contributed by atoms with E-state index in [2.05, 4.69) is 26.8 Å². The van der Waals surface area contributed by atoms with Crippen molar-refractivity contribution >= 4 is 11.9 Å². The first-order valence-corrected chi connectivity index (χ1v) is 8.95. The molecule has 0 radical (unpaired) electrons. The summed E-state index contributed by atoms with van der Waals surface area (Å²) in [5.41, 5.74) is 1.80. The van der Waals surface area contributed by atoms with Gasteiger partial charge in [-0.3, -0.25) is 9.78 Å². The van der Waals surface area contributed by atoms with E-state index in [0.29, 0.717) is 6.54 Å². The highest BCUT2D eigenvalue weighted by molar-refractivity contribution is 5.86. The lowest BCUT2D eigenvalue weighted by Crippen LogP contribution is -2.37. The van der Waals surface area contributed by atoms with Crippen LogP contribution in [-0.4, -0.2) is 45.4 Å². The van der Waals surface area contributed by atoms with Crippen LogP contribution in [-0.2, 0) is 17.8 Å². The fourth-order valence-corrected chi connectivity index (χ4v) is 3.85. The monoisotopic (exact) mass is 337 g/mol. The van der Waals surface area contributed by atoms with Crippen LogP contribution >= 0.6 is 0 Å². The molecule has 0 bridgehead atoms. The molecule has 6 heteroatoms. The summed E-state index contributed by atoms with van der Waals surface area (Å²) in [6, 6.07) is 5.84. The third-order valence-electron chi connectivity index (χ3n) is 5.42. The van der Waals surface area contributed by atoms with E-state index in [1.54, 1.807) is 6.20 Å². The van der Waals surface area contributed by atoms with Crippen LogP contribution in [0, 0.1) is 5.41 Å². The molecule has 2 aliphatic rings. The van der Waals surface area contributed by atoms with Crippen LogP contribution in [0.1, 0.15) is 31.0 Å². The normalized spacial score (nSPS) is 23.0. The smallest absolute Gasteiger partial charge is 0.231 e. The second kappa shape index (κ2) is 6.43. The molecule has 0 saturated carbocycles. The number of aromatic nitrogens is 3. The molecular formula is C19H23N5O. The quantitative estimate of drug-likeness (QED) is 0.855. The van der Waals surface area contributed by atoms with Crippen LogP contribution in [0.15, 0.2) is 36.8 Å². The van der Waals surface area contributed by atoms with E-state index in [0.717, 1.165) is 56.1 Å². The van der Waals surface area contributed by atoms with Gasteiger partial charge < -0.3 is 9.80 Å². The van der Waals surface area contributed by atoms with Crippen LogP contribution in [0.2, 0.25) is 0 Å². The molecule has 0 aromatic carbocycles. The van der Waals surface area contributed by atoms with Crippen molar-refractivity contribution in [2.24, 2.45) is 5.41 Å². The summed E-state index contributed by atoms with van der Waals surface area (Å²) in [6.07, 6.45) is 8.27. The SMILES string of the molecule is CCc1cnc(N2CCC3(CCN(Cc4ccccn4)C3=O)C2)nc1. The van der Waals surface area contributed by atoms with Crippen molar-refractivity contribution in [3.05, 3.63) is 48.0 Å². The fourth-order valence-electron chi connectivity index (χ4n) is 3.85. The van der Waals surface area contributed by atoms with Gasteiger partial charge in [-0.15, -0.1) is 0 Å². The maximum atomic E-state index is 13.0. The molecule has 2 aromatic heterocycles. The zero-order chi connectivity index (χ0) is 17.3. The standard InChI is InChI=1S/C19H23N5O/c1-2-15-11-21-18(22-12-15)24-10-7-19(14-24)6-9-23(17(19)25)13-16-5-3-4-8-20-16/h3-5,8,11-12H,2,6-7,9-10,13-14H2,1H3. The number of hydrogen-bond acceptors (Lipinski definition) is 5. The Morgan fingerprint density at radius 3 is 2.64 bits per heavy atom. The molecule has 2 fully saturated rings. The molecule has 2 saturated heterocycles. The Morgan fingerprint density at radius 1 is 1.12 bits per heavy atom. The van der Waals surface area contributed by atoms with Gasteiger partial charge in [0.05, 0.1) is 17.7 Å². The number of nitrogens with zero attached hydrogens (tertiary/aromatic N) is 5. The van der Waals surface area contributed by atoms with Crippen molar-refractivity contribution in [2.45, 2.75) is 32.7 Å². The van der Waals surface area contributed by atoms with E-state index in [-0.39, 0.29) is 11.3 Å². The minimum absolute atomic E-state index is 0.255. The molecule has 1 unspecified atom stereocenters. The predicted molar refractivity (Wildman–Crippen MR) is 94.9 cm³/mol. The van der Waals surface area contributed by atoms with Gasteiger partial charge in [-0.1, -0.05) is 13.0 Å². The summed E-state index contributed by atoms with van der Waals surface area (Å²) >= 11 is 0. The Bertz CT molecular complexity index is 748. The maximum absolute atomic E-state index is 13.0. The maximum Gasteiger partial charge on any atom is 0.231 e. The minimum atomic E-state index is -0.276. The number of pyridine rings is 1. The molecule has 2 aliphatic heterocycles. The lowest BCUT2D eigenvalue weighted by atomic mass is 9.85. The number of aryl methyl sites for hydroxylation is 1. The van der Waals surface area contributed by atoms with E-state index < -0.39 is 0 Å². The van der Waals surface area contributed by atoms with Gasteiger partial charge in [0.15, 0.2) is 0 Å². The Morgan fingerprint density at radius 2 is 1.92 bits per heavy atom. The molecule has 1 spiro atoms. The molecule has 0 aliphatic carbocycles. The topological polar surface area (TPSA) is 62.2 Å². The number of carbonyl (C=O) groups excluding carboxylic acids is 1. The first-order valence-electron chi connectivity index (χ1n) is 8.95. The molecule has 1 atom stereocenters. The third-order valence-corrected chi connectivity index (χ3v) is 5.42. The van der Waals surface area contributed by atoms with Crippen molar-refractivity contribution in [3.63, 3.8) is 0 Å². The number of likely N-dealkylation sites (tertiary alicyclic amines) is 1. The van der Waals surface area contributed by atoms with Crippen molar-refractivity contribution in [3.8, 4) is 0 Å². The van der Waals surface area contributed by atoms with Crippen LogP contribution in [0.4, 0.5) is 5.95 Å². The summed E-state index contributed by atoms with van der Waals surface area (Å²) in [5, 5.41) is 0. The van der Waals surface area contributed by atoms with Gasteiger partial charge in [0, 0.05) is 38.2 Å². The molecule has 2 aromatic rings. The molecule has 25 heavy (non-hydrogen) atoms. The Kier molecular flexibility index (Phi) is 4.11. The first-order chi connectivity index (χ1) is 12.2. The van der Waals surface area contributed by atoms with Gasteiger partial charge in [-0.05, 0) is 37.0 Å². The third kappa shape index (κ3) is 2.97. The number of carbonyl (C=O) groups is 1. The minimum Gasteiger partial charge on any atom is -0.340 e. The Hall–Kier alpha value is -2.50. The summed E-state index contributed by atoms with van der Waals surface area (Å²) in [5.74, 6) is 0.996. The lowest BCUT2D eigenvalue weighted by Gasteiger charge is -2.23. The van der Waals surface area contributed by atoms with Crippen molar-refractivity contribution in [1.29, 1.82) is 0 Å². The summed E-state index contributed by atoms with van der Waals surface area (Å²) in [4.78, 5) is 30.4. The second-order valence-corrected chi connectivity index (χ2v) is 6.99. The zero-order valence-electron chi connectivity index (χ0n) is 14.6. The van der Waals surface area contributed by atoms with E-state index in [1.165, 1.54) is 0 Å². The van der Waals surface area contributed by atoms with E-state index in [1.807, 2.05) is 35.5 Å². The van der Waals surface area contributed by atoms with Gasteiger partial charge in [-0.2, -0.15) is 0 Å². The van der Waals surface area contributed by atoms with Crippen LogP contribution < -0.4 is 4.90 Å². The van der Waals surface area contributed by atoms with Crippen LogP contribution in [0.5, 0.6) is 0 Å². The summed E-state index contributed by atoms with van der Waals surface area (Å²) in [6.45, 7) is 5.06.